The molecule has 8 heteroatoms. The molecule has 4 rings (SSSR count). The first-order valence-corrected chi connectivity index (χ1v) is 14.7. The van der Waals surface area contributed by atoms with Crippen molar-refractivity contribution in [3.63, 3.8) is 0 Å². The van der Waals surface area contributed by atoms with Gasteiger partial charge in [-0.1, -0.05) is 58.0 Å². The van der Waals surface area contributed by atoms with Gasteiger partial charge in [-0.2, -0.15) is 5.10 Å². The van der Waals surface area contributed by atoms with Gasteiger partial charge in [0.1, 0.15) is 5.71 Å². The summed E-state index contributed by atoms with van der Waals surface area (Å²) in [5.41, 5.74) is 10.9. The average Bonchev–Trinajstić information content (AvgIpc) is 3.50. The van der Waals surface area contributed by atoms with Gasteiger partial charge < -0.3 is 11.1 Å². The molecule has 214 valence electrons. The van der Waals surface area contributed by atoms with Crippen molar-refractivity contribution in [2.24, 2.45) is 17.8 Å². The van der Waals surface area contributed by atoms with Crippen LogP contribution in [0.3, 0.4) is 0 Å². The highest BCUT2D eigenvalue weighted by Gasteiger charge is 2.22. The second kappa shape index (κ2) is 11.9. The molecule has 1 atom stereocenters. The van der Waals surface area contributed by atoms with Gasteiger partial charge in [0.2, 0.25) is 0 Å². The molecule has 0 bridgehead atoms. The van der Waals surface area contributed by atoms with Gasteiger partial charge in [-0.3, -0.25) is 14.3 Å². The SMILES string of the molecule is Cc1ccc(C(=N)CC(=Nc2cc(C(C)(C)C)n(C)n2)C(N)=O)c(C)c1C(C)CCC(=O)c1cc2ccccc2s1. The van der Waals surface area contributed by atoms with Gasteiger partial charge in [0, 0.05) is 47.5 Å². The van der Waals surface area contributed by atoms with Crippen LogP contribution in [-0.2, 0) is 17.3 Å². The molecule has 0 aliphatic carbocycles. The Morgan fingerprint density at radius 1 is 1.12 bits per heavy atom. The number of carbonyl (C=O) groups is 2. The van der Waals surface area contributed by atoms with Gasteiger partial charge in [0.25, 0.3) is 5.91 Å². The lowest BCUT2D eigenvalue weighted by Crippen LogP contribution is -2.26. The lowest BCUT2D eigenvalue weighted by atomic mass is 9.84. The second-order valence-corrected chi connectivity index (χ2v) is 12.9. The zero-order chi connectivity index (χ0) is 30.1. The summed E-state index contributed by atoms with van der Waals surface area (Å²) in [5.74, 6) is 0.00601. The van der Waals surface area contributed by atoms with E-state index in [1.165, 1.54) is 0 Å². The van der Waals surface area contributed by atoms with E-state index in [1.807, 2.05) is 62.5 Å². The van der Waals surface area contributed by atoms with Crippen molar-refractivity contribution in [2.75, 3.05) is 0 Å². The molecular weight excluding hydrogens is 530 g/mol. The van der Waals surface area contributed by atoms with Gasteiger partial charge in [-0.05, 0) is 66.0 Å². The van der Waals surface area contributed by atoms with Crippen LogP contribution in [0.15, 0.2) is 53.5 Å². The number of nitrogens with one attached hydrogen (secondary N) is 1. The predicted octanol–water partition coefficient (Wildman–Crippen LogP) is 7.33. The minimum atomic E-state index is -0.671. The number of aromatic nitrogens is 2. The summed E-state index contributed by atoms with van der Waals surface area (Å²) >= 11 is 1.54. The van der Waals surface area contributed by atoms with Crippen molar-refractivity contribution in [3.8, 4) is 0 Å². The van der Waals surface area contributed by atoms with E-state index in [4.69, 9.17) is 11.1 Å². The number of primary amides is 1. The molecule has 1 amide bonds. The number of rotatable bonds is 10. The third kappa shape index (κ3) is 6.70. The summed E-state index contributed by atoms with van der Waals surface area (Å²) in [6, 6.07) is 15.8. The number of benzene rings is 2. The van der Waals surface area contributed by atoms with E-state index in [0.29, 0.717) is 18.7 Å². The van der Waals surface area contributed by atoms with Gasteiger partial charge in [-0.15, -0.1) is 11.3 Å². The Hall–Kier alpha value is -3.91. The van der Waals surface area contributed by atoms with Crippen molar-refractivity contribution >= 4 is 50.4 Å². The fourth-order valence-electron chi connectivity index (χ4n) is 5.47. The molecule has 2 aromatic heterocycles. The summed E-state index contributed by atoms with van der Waals surface area (Å²) in [5, 5.41) is 14.4. The number of carbonyl (C=O) groups excluding carboxylic acids is 2. The summed E-state index contributed by atoms with van der Waals surface area (Å²) in [6.07, 6.45) is 1.15. The maximum atomic E-state index is 13.0. The number of nitrogens with two attached hydrogens (primary N) is 1. The van der Waals surface area contributed by atoms with Crippen LogP contribution in [0.4, 0.5) is 5.82 Å². The number of thiophene rings is 1. The maximum Gasteiger partial charge on any atom is 0.263 e. The topological polar surface area (TPSA) is 114 Å². The van der Waals surface area contributed by atoms with Crippen molar-refractivity contribution in [3.05, 3.63) is 81.4 Å². The number of hydrogen-bond donors (Lipinski definition) is 2. The maximum absolute atomic E-state index is 13.0. The molecule has 0 aliphatic heterocycles. The smallest absolute Gasteiger partial charge is 0.263 e. The van der Waals surface area contributed by atoms with Crippen molar-refractivity contribution in [1.82, 2.24) is 9.78 Å². The van der Waals surface area contributed by atoms with Crippen LogP contribution in [-0.4, -0.2) is 32.9 Å². The zero-order valence-corrected chi connectivity index (χ0v) is 25.8. The Morgan fingerprint density at radius 2 is 1.83 bits per heavy atom. The minimum absolute atomic E-state index is 0.00109. The van der Waals surface area contributed by atoms with Crippen LogP contribution in [0.2, 0.25) is 0 Å². The van der Waals surface area contributed by atoms with Crippen LogP contribution in [0, 0.1) is 19.3 Å². The van der Waals surface area contributed by atoms with Gasteiger partial charge in [0.05, 0.1) is 4.88 Å². The number of Topliss-reactive ketones (excluding diaryl/α,β-unsaturated/α-hetero) is 1. The molecule has 3 N–H and O–H groups in total. The zero-order valence-electron chi connectivity index (χ0n) is 25.0. The van der Waals surface area contributed by atoms with Crippen molar-refractivity contribution in [1.29, 1.82) is 5.41 Å². The first-order valence-electron chi connectivity index (χ1n) is 13.9. The highest BCUT2D eigenvalue weighted by molar-refractivity contribution is 7.20. The van der Waals surface area contributed by atoms with E-state index >= 15 is 0 Å². The number of aryl methyl sites for hydroxylation is 2. The molecule has 2 heterocycles. The number of nitrogens with zero attached hydrogens (tertiary/aromatic N) is 3. The molecule has 0 saturated heterocycles. The molecule has 2 aromatic carbocycles. The van der Waals surface area contributed by atoms with E-state index < -0.39 is 5.91 Å². The third-order valence-corrected chi connectivity index (χ3v) is 8.73. The molecular formula is C33H39N5O2S. The summed E-state index contributed by atoms with van der Waals surface area (Å²) < 4.78 is 2.88. The Labute approximate surface area is 246 Å². The van der Waals surface area contributed by atoms with Gasteiger partial charge >= 0.3 is 0 Å². The van der Waals surface area contributed by atoms with Crippen molar-refractivity contribution < 1.29 is 9.59 Å². The summed E-state index contributed by atoms with van der Waals surface area (Å²) in [7, 11) is 1.85. The molecule has 0 fully saturated rings. The highest BCUT2D eigenvalue weighted by atomic mass is 32.1. The molecule has 4 aromatic rings. The lowest BCUT2D eigenvalue weighted by Gasteiger charge is -2.20. The van der Waals surface area contributed by atoms with Crippen LogP contribution in [0.1, 0.15) is 90.5 Å². The molecule has 0 saturated carbocycles. The van der Waals surface area contributed by atoms with Gasteiger partial charge in [-0.25, -0.2) is 4.99 Å². The number of hydrogen-bond acceptors (Lipinski definition) is 6. The molecule has 0 aliphatic rings. The standard InChI is InChI=1S/C33H39N5O2S/c1-19-12-14-23(24(34)17-25(32(35)40)36-30-18-29(33(4,5)6)38(7)37-30)21(3)31(19)20(2)13-15-26(39)28-16-22-10-8-9-11-27(22)41-28/h8-12,14,16,18,20,34H,13,15,17H2,1-7H3,(H2,35,40). The number of aliphatic imine (C=N–C) groups is 1. The van der Waals surface area contributed by atoms with Crippen LogP contribution in [0.5, 0.6) is 0 Å². The summed E-state index contributed by atoms with van der Waals surface area (Å²) in [6.45, 7) is 12.4. The molecule has 1 unspecified atom stereocenters. The van der Waals surface area contributed by atoms with E-state index in [9.17, 15) is 9.59 Å². The Bertz CT molecular complexity index is 1640. The van der Waals surface area contributed by atoms with E-state index in [1.54, 1.807) is 16.0 Å². The lowest BCUT2D eigenvalue weighted by molar-refractivity contribution is -0.112. The molecule has 41 heavy (non-hydrogen) atoms. The normalized spacial score (nSPS) is 13.0. The van der Waals surface area contributed by atoms with E-state index in [0.717, 1.165) is 42.9 Å². The number of amides is 1. The molecule has 7 nitrogen and oxygen atoms in total. The first kappa shape index (κ1) is 30.1. The highest BCUT2D eigenvalue weighted by Crippen LogP contribution is 2.32. The van der Waals surface area contributed by atoms with E-state index in [-0.39, 0.29) is 35.0 Å². The quantitative estimate of drug-likeness (QED) is 0.154. The Kier molecular flexibility index (Phi) is 8.73. The van der Waals surface area contributed by atoms with Crippen molar-refractivity contribution in [2.45, 2.75) is 72.1 Å². The van der Waals surface area contributed by atoms with Crippen LogP contribution >= 0.6 is 11.3 Å². The predicted molar refractivity (Wildman–Crippen MR) is 169 cm³/mol. The largest absolute Gasteiger partial charge is 0.365 e. The number of fused-ring (bicyclic) bond motifs is 1. The minimum Gasteiger partial charge on any atom is -0.365 e. The average molecular weight is 570 g/mol. The molecule has 0 radical (unpaired) electrons. The third-order valence-electron chi connectivity index (χ3n) is 7.57. The Morgan fingerprint density at radius 3 is 2.46 bits per heavy atom. The van der Waals surface area contributed by atoms with Crippen LogP contribution in [0.25, 0.3) is 10.1 Å². The summed E-state index contributed by atoms with van der Waals surface area (Å²) in [4.78, 5) is 30.6. The van der Waals surface area contributed by atoms with E-state index in [2.05, 4.69) is 44.7 Å². The number of ketones is 1. The molecule has 0 spiro atoms. The fraction of sp³-hybridized carbons (Fsp3) is 0.364. The monoisotopic (exact) mass is 569 g/mol. The van der Waals surface area contributed by atoms with Crippen LogP contribution < -0.4 is 5.73 Å². The second-order valence-electron chi connectivity index (χ2n) is 11.8. The Balaban J connectivity index is 1.52. The van der Waals surface area contributed by atoms with Gasteiger partial charge in [0.15, 0.2) is 11.6 Å². The first-order chi connectivity index (χ1) is 19.3. The fourth-order valence-corrected chi connectivity index (χ4v) is 6.51.